The Morgan fingerprint density at radius 2 is 1.50 bits per heavy atom. The van der Waals surface area contributed by atoms with Crippen molar-refractivity contribution in [1.82, 2.24) is 10.6 Å². The second-order valence-corrected chi connectivity index (χ2v) is 15.2. The Kier molecular flexibility index (Phi) is 11.4. The first-order valence-corrected chi connectivity index (χ1v) is 18.9. The van der Waals surface area contributed by atoms with Gasteiger partial charge in [-0.1, -0.05) is 6.07 Å². The van der Waals surface area contributed by atoms with Crippen molar-refractivity contribution in [3.05, 3.63) is 68.8 Å². The summed E-state index contributed by atoms with van der Waals surface area (Å²) in [6.07, 6.45) is -15.4. The number of aliphatic hydroxyl groups is 5. The number of aromatic hydroxyl groups is 3. The van der Waals surface area contributed by atoms with Crippen molar-refractivity contribution in [2.24, 2.45) is 5.73 Å². The number of likely N-dealkylation sites (N-methyl/N-ethyl adjacent to an activating group) is 1. The summed E-state index contributed by atoms with van der Waals surface area (Å²) >= 11 is 0. The number of phenols is 3. The first-order chi connectivity index (χ1) is 28.3. The van der Waals surface area contributed by atoms with E-state index >= 15 is 0 Å². The van der Waals surface area contributed by atoms with Crippen molar-refractivity contribution in [1.29, 1.82) is 0 Å². The Labute approximate surface area is 341 Å². The van der Waals surface area contributed by atoms with Crippen LogP contribution in [0.2, 0.25) is 0 Å². The average molecular weight is 840 g/mol. The molecule has 0 saturated carbocycles. The molecule has 2 fully saturated rings. The van der Waals surface area contributed by atoms with Crippen molar-refractivity contribution in [3.63, 3.8) is 0 Å². The van der Waals surface area contributed by atoms with E-state index in [1.165, 1.54) is 33.1 Å². The van der Waals surface area contributed by atoms with Gasteiger partial charge in [-0.15, -0.1) is 0 Å². The Morgan fingerprint density at radius 3 is 2.15 bits per heavy atom. The summed E-state index contributed by atoms with van der Waals surface area (Å²) in [5.41, 5.74) is 2.25. The second kappa shape index (κ2) is 16.0. The van der Waals surface area contributed by atoms with Crippen LogP contribution in [-0.4, -0.2) is 146 Å². The Hall–Kier alpha value is -5.26. The van der Waals surface area contributed by atoms with E-state index in [9.17, 15) is 60.0 Å². The van der Waals surface area contributed by atoms with Gasteiger partial charge in [0.15, 0.2) is 24.1 Å². The summed E-state index contributed by atoms with van der Waals surface area (Å²) in [4.78, 5) is 53.6. The van der Waals surface area contributed by atoms with E-state index in [1.807, 2.05) is 0 Å². The topological polar surface area (TPSA) is 326 Å². The first kappa shape index (κ1) is 42.8. The van der Waals surface area contributed by atoms with Crippen LogP contribution in [0.3, 0.4) is 0 Å². The minimum atomic E-state index is -1.88. The molecule has 2 aliphatic carbocycles. The molecule has 0 aromatic heterocycles. The standard InChI is InChI=1S/C40H45N3O17/c1-11-6-18-24(31(50)21(11)38(55)43-12(2)37(41)54)23-16(9-17-25(32(23)51)28(47)15-7-14(56-5)8-19(44)22(15)27(17)46)29(48)35(18)59-40-34(53)36(26(42-4)13(3)58-40)60-39-33(52)30(49)20(45)10-57-39/h6-9,12-13,20,26,29-30,33-36,39-40,42,44-45,48-53H,10H2,1-5H3,(H2,41,54)(H,43,55). The number of primary amides is 1. The maximum absolute atomic E-state index is 14.1. The van der Waals surface area contributed by atoms with Crippen LogP contribution in [0.5, 0.6) is 23.0 Å². The number of ether oxygens (including phenoxy) is 5. The predicted octanol–water partition coefficient (Wildman–Crippen LogP) is -1.21. The maximum Gasteiger partial charge on any atom is 0.255 e. The molecule has 12 atom stereocenters. The zero-order chi connectivity index (χ0) is 43.8. The zero-order valence-corrected chi connectivity index (χ0v) is 32.8. The van der Waals surface area contributed by atoms with Gasteiger partial charge in [-0.2, -0.15) is 0 Å². The van der Waals surface area contributed by atoms with Gasteiger partial charge < -0.3 is 80.9 Å². The van der Waals surface area contributed by atoms with E-state index < -0.39 is 143 Å². The highest BCUT2D eigenvalue weighted by Gasteiger charge is 2.51. The van der Waals surface area contributed by atoms with Gasteiger partial charge in [0, 0.05) is 28.3 Å². The molecule has 20 heteroatoms. The van der Waals surface area contributed by atoms with Crippen LogP contribution >= 0.6 is 0 Å². The molecule has 20 nitrogen and oxygen atoms in total. The number of methoxy groups -OCH3 is 1. The highest BCUT2D eigenvalue weighted by molar-refractivity contribution is 6.31. The summed E-state index contributed by atoms with van der Waals surface area (Å²) in [6, 6.07) is 2.73. The first-order valence-electron chi connectivity index (χ1n) is 18.9. The largest absolute Gasteiger partial charge is 0.507 e. The van der Waals surface area contributed by atoms with E-state index in [2.05, 4.69) is 10.6 Å². The summed E-state index contributed by atoms with van der Waals surface area (Å²) < 4.78 is 29.0. The van der Waals surface area contributed by atoms with Gasteiger partial charge in [-0.05, 0) is 56.6 Å². The van der Waals surface area contributed by atoms with E-state index in [-0.39, 0.29) is 39.1 Å². The molecule has 0 spiro atoms. The van der Waals surface area contributed by atoms with Crippen molar-refractivity contribution in [3.8, 4) is 34.1 Å². The third-order valence-electron chi connectivity index (χ3n) is 11.5. The average Bonchev–Trinajstić information content (AvgIpc) is 3.19. The molecule has 4 aliphatic rings. The maximum atomic E-state index is 14.1. The monoisotopic (exact) mass is 839 g/mol. The minimum Gasteiger partial charge on any atom is -0.507 e. The number of aryl methyl sites for hydroxylation is 1. The smallest absolute Gasteiger partial charge is 0.255 e. The second-order valence-electron chi connectivity index (χ2n) is 15.2. The molecule has 0 radical (unpaired) electrons. The lowest BCUT2D eigenvalue weighted by Gasteiger charge is -2.47. The van der Waals surface area contributed by atoms with Crippen LogP contribution in [0.4, 0.5) is 0 Å². The number of hydrogen-bond donors (Lipinski definition) is 11. The molecular formula is C40H45N3O17. The highest BCUT2D eigenvalue weighted by atomic mass is 16.7. The number of aliphatic hydroxyl groups excluding tert-OH is 5. The number of phenolic OH excluding ortho intramolecular Hbond substituents is 3. The highest BCUT2D eigenvalue weighted by Crippen LogP contribution is 2.57. The number of nitrogens with one attached hydrogen (secondary N) is 2. The van der Waals surface area contributed by atoms with Crippen molar-refractivity contribution < 1.29 is 83.7 Å². The lowest BCUT2D eigenvalue weighted by atomic mass is 9.74. The Balaban J connectivity index is 1.37. The molecule has 2 saturated heterocycles. The molecule has 3 aromatic rings. The number of carbonyl (C=O) groups is 4. The number of ketones is 2. The number of nitrogens with two attached hydrogens (primary N) is 1. The number of benzene rings is 3. The minimum absolute atomic E-state index is 0.0250. The van der Waals surface area contributed by atoms with E-state index in [4.69, 9.17) is 29.4 Å². The van der Waals surface area contributed by atoms with Crippen LogP contribution in [0.25, 0.3) is 11.1 Å². The van der Waals surface area contributed by atoms with Crippen LogP contribution < -0.4 is 21.1 Å². The summed E-state index contributed by atoms with van der Waals surface area (Å²) in [5, 5.41) is 95.1. The lowest BCUT2D eigenvalue weighted by molar-refractivity contribution is -0.339. The Morgan fingerprint density at radius 1 is 0.850 bits per heavy atom. The molecule has 2 heterocycles. The molecule has 2 amide bonds. The van der Waals surface area contributed by atoms with Gasteiger partial charge in [0.05, 0.1) is 42.6 Å². The number of hydrogen-bond acceptors (Lipinski definition) is 18. The fourth-order valence-corrected chi connectivity index (χ4v) is 8.31. The van der Waals surface area contributed by atoms with Gasteiger partial charge in [-0.3, -0.25) is 19.2 Å². The van der Waals surface area contributed by atoms with E-state index in [0.717, 1.165) is 12.1 Å². The molecule has 7 rings (SSSR count). The third kappa shape index (κ3) is 6.83. The zero-order valence-electron chi connectivity index (χ0n) is 32.8. The predicted molar refractivity (Wildman–Crippen MR) is 202 cm³/mol. The summed E-state index contributed by atoms with van der Waals surface area (Å²) in [7, 11) is 2.82. The molecule has 0 bridgehead atoms. The van der Waals surface area contributed by atoms with E-state index in [1.54, 1.807) is 14.0 Å². The SMILES string of the molecule is CNC1C(C)OC(OC2c3cc(C)c(C(=O)NC(C)C(N)=O)c(O)c3-c3c(cc4c(c3O)C(=O)c3cc(OC)cc(O)c3C4=O)C2O)C(O)C1OC1OCC(O)C(O)C1O. The van der Waals surface area contributed by atoms with Gasteiger partial charge in [0.2, 0.25) is 5.91 Å². The molecule has 2 aliphatic heterocycles. The fourth-order valence-electron chi connectivity index (χ4n) is 8.31. The summed E-state index contributed by atoms with van der Waals surface area (Å²) in [6.45, 7) is 3.93. The molecule has 322 valence electrons. The quantitative estimate of drug-likeness (QED) is 0.0942. The fraction of sp³-hybridized carbons (Fsp3) is 0.450. The van der Waals surface area contributed by atoms with Gasteiger partial charge in [0.25, 0.3) is 5.91 Å². The number of carbonyl (C=O) groups excluding carboxylic acids is 4. The third-order valence-corrected chi connectivity index (χ3v) is 11.5. The molecule has 12 unspecified atom stereocenters. The van der Waals surface area contributed by atoms with Crippen molar-refractivity contribution in [2.75, 3.05) is 20.8 Å². The Bertz CT molecular complexity index is 2280. The van der Waals surface area contributed by atoms with Crippen LogP contribution in [0.15, 0.2) is 24.3 Å². The summed E-state index contributed by atoms with van der Waals surface area (Å²) in [5.74, 6) is -5.95. The molecule has 12 N–H and O–H groups in total. The normalized spacial score (nSPS) is 30.1. The van der Waals surface area contributed by atoms with Crippen LogP contribution in [0, 0.1) is 6.92 Å². The van der Waals surface area contributed by atoms with Gasteiger partial charge >= 0.3 is 0 Å². The molecule has 60 heavy (non-hydrogen) atoms. The van der Waals surface area contributed by atoms with Crippen molar-refractivity contribution >= 4 is 23.4 Å². The number of rotatable bonds is 9. The molecular weight excluding hydrogens is 794 g/mol. The van der Waals surface area contributed by atoms with Crippen LogP contribution in [0.1, 0.15) is 84.9 Å². The lowest BCUT2D eigenvalue weighted by Crippen LogP contribution is -2.65. The number of fused-ring (bicyclic) bond motifs is 5. The van der Waals surface area contributed by atoms with Gasteiger partial charge in [-0.25, -0.2) is 0 Å². The van der Waals surface area contributed by atoms with Gasteiger partial charge in [0.1, 0.15) is 71.8 Å². The van der Waals surface area contributed by atoms with E-state index in [0.29, 0.717) is 0 Å². The number of amides is 2. The molecule has 3 aromatic carbocycles. The van der Waals surface area contributed by atoms with Crippen molar-refractivity contribution in [2.45, 2.75) is 94.3 Å². The van der Waals surface area contributed by atoms with Crippen LogP contribution in [-0.2, 0) is 23.7 Å².